The third-order valence-corrected chi connectivity index (χ3v) is 9.37. The van der Waals surface area contributed by atoms with Crippen LogP contribution in [0.5, 0.6) is 5.75 Å². The molecule has 0 saturated heterocycles. The highest BCUT2D eigenvalue weighted by molar-refractivity contribution is 6.05. The molecule has 0 aliphatic carbocycles. The van der Waals surface area contributed by atoms with Crippen molar-refractivity contribution in [3.63, 3.8) is 0 Å². The summed E-state index contributed by atoms with van der Waals surface area (Å²) < 4.78 is 31.2. The van der Waals surface area contributed by atoms with Gasteiger partial charge in [0.15, 0.2) is 0 Å². The minimum atomic E-state index is -0.483. The Bertz CT molecular complexity index is 2000. The maximum Gasteiger partial charge on any atom is 0.257 e. The number of phenolic OH excluding ortho intramolecular Hbond substituents is 1. The van der Waals surface area contributed by atoms with Crippen LogP contribution in [-0.4, -0.2) is 32.4 Å². The molecule has 7 nitrogen and oxygen atoms in total. The number of amides is 2. The summed E-state index contributed by atoms with van der Waals surface area (Å²) in [6.45, 7) is 4.73. The van der Waals surface area contributed by atoms with Crippen LogP contribution in [0.25, 0.3) is 0 Å². The molecule has 0 radical (unpaired) electrons. The Kier molecular flexibility index (Phi) is 7.75. The highest BCUT2D eigenvalue weighted by atomic mass is 19.1. The quantitative estimate of drug-likeness (QED) is 0.212. The number of hydrogen-bond acceptors (Lipinski definition) is 4. The summed E-state index contributed by atoms with van der Waals surface area (Å²) in [5.41, 5.74) is 5.97. The van der Waals surface area contributed by atoms with Crippen molar-refractivity contribution in [1.29, 1.82) is 0 Å². The summed E-state index contributed by atoms with van der Waals surface area (Å²) in [6.07, 6.45) is 2.54. The predicted molar refractivity (Wildman–Crippen MR) is 176 cm³/mol. The minimum Gasteiger partial charge on any atom is -0.508 e. The number of phenols is 1. The highest BCUT2D eigenvalue weighted by Gasteiger charge is 2.35. The molecule has 0 spiro atoms. The van der Waals surface area contributed by atoms with Gasteiger partial charge in [-0.1, -0.05) is 30.3 Å². The van der Waals surface area contributed by atoms with Crippen LogP contribution in [0.2, 0.25) is 0 Å². The van der Waals surface area contributed by atoms with E-state index in [0.717, 1.165) is 17.7 Å². The number of aryl methyl sites for hydroxylation is 1. The van der Waals surface area contributed by atoms with Gasteiger partial charge in [-0.15, -0.1) is 0 Å². The molecule has 2 aliphatic rings. The van der Waals surface area contributed by atoms with E-state index in [1.165, 1.54) is 23.8 Å². The first kappa shape index (κ1) is 30.2. The van der Waals surface area contributed by atoms with E-state index in [2.05, 4.69) is 11.4 Å². The second-order valence-corrected chi connectivity index (χ2v) is 12.4. The fourth-order valence-corrected chi connectivity index (χ4v) is 6.78. The van der Waals surface area contributed by atoms with E-state index in [1.807, 2.05) is 45.7 Å². The van der Waals surface area contributed by atoms with Gasteiger partial charge in [-0.3, -0.25) is 9.59 Å². The molecule has 0 bridgehead atoms. The lowest BCUT2D eigenvalue weighted by atomic mass is 9.91. The number of aromatic hydroxyl groups is 1. The van der Waals surface area contributed by atoms with E-state index in [0.29, 0.717) is 46.7 Å². The first-order valence-electron chi connectivity index (χ1n) is 15.6. The number of benzene rings is 4. The molecule has 2 atom stereocenters. The lowest BCUT2D eigenvalue weighted by Gasteiger charge is -2.41. The molecule has 2 N–H and O–H groups in total. The molecule has 1 aromatic heterocycles. The summed E-state index contributed by atoms with van der Waals surface area (Å²) in [5.74, 6) is -1.32. The molecule has 5 aromatic rings. The standard InChI is InChI=1S/C38H34F2N4O3/c1-23-7-9-28(19-34(23)40)41-37(46)32-15-16-42-21-36(44(22-35(32)42)29-10-12-30(45)13-11-29)33-18-27(39)8-14-31(33)38(47)43-20-26-6-4-3-5-25(26)17-24(43)2/h3-16,18-19,24,36,45H,17,20-22H2,1-2H3,(H,41,46)/t24-,36?/m1/s1. The zero-order chi connectivity index (χ0) is 32.8. The van der Waals surface area contributed by atoms with E-state index in [-0.39, 0.29) is 30.2 Å². The van der Waals surface area contributed by atoms with E-state index < -0.39 is 17.7 Å². The summed E-state index contributed by atoms with van der Waals surface area (Å²) in [7, 11) is 0. The average Bonchev–Trinajstić information content (AvgIpc) is 3.49. The van der Waals surface area contributed by atoms with Crippen molar-refractivity contribution < 1.29 is 23.5 Å². The van der Waals surface area contributed by atoms with Gasteiger partial charge in [-0.2, -0.15) is 0 Å². The van der Waals surface area contributed by atoms with Crippen LogP contribution in [0.1, 0.15) is 61.6 Å². The number of carbonyl (C=O) groups is 2. The Morgan fingerprint density at radius 3 is 2.40 bits per heavy atom. The highest BCUT2D eigenvalue weighted by Crippen LogP contribution is 2.39. The molecule has 9 heteroatoms. The Morgan fingerprint density at radius 1 is 0.872 bits per heavy atom. The molecule has 7 rings (SSSR count). The maximum atomic E-state index is 15.1. The Labute approximate surface area is 271 Å². The Hall–Kier alpha value is -5.44. The maximum absolute atomic E-state index is 15.1. The van der Waals surface area contributed by atoms with Gasteiger partial charge in [-0.25, -0.2) is 8.78 Å². The summed E-state index contributed by atoms with van der Waals surface area (Å²) in [5, 5.41) is 12.8. The monoisotopic (exact) mass is 632 g/mol. The second-order valence-electron chi connectivity index (χ2n) is 12.4. The number of rotatable bonds is 5. The zero-order valence-electron chi connectivity index (χ0n) is 26.1. The molecule has 0 fully saturated rings. The van der Waals surface area contributed by atoms with E-state index in [4.69, 9.17) is 0 Å². The van der Waals surface area contributed by atoms with Crippen LogP contribution in [0.3, 0.4) is 0 Å². The third kappa shape index (κ3) is 5.73. The van der Waals surface area contributed by atoms with Gasteiger partial charge in [0.1, 0.15) is 17.4 Å². The first-order chi connectivity index (χ1) is 22.7. The van der Waals surface area contributed by atoms with Crippen molar-refractivity contribution in [1.82, 2.24) is 9.47 Å². The summed E-state index contributed by atoms with van der Waals surface area (Å²) in [6, 6.07) is 24.9. The number of hydrogen-bond donors (Lipinski definition) is 2. The van der Waals surface area contributed by atoms with Crippen molar-refractivity contribution in [2.24, 2.45) is 0 Å². The molecule has 238 valence electrons. The molecule has 1 unspecified atom stereocenters. The number of anilines is 2. The normalized spacial score (nSPS) is 17.2. The van der Waals surface area contributed by atoms with Crippen molar-refractivity contribution in [3.8, 4) is 5.75 Å². The van der Waals surface area contributed by atoms with E-state index in [9.17, 15) is 19.1 Å². The molecular weight excluding hydrogens is 598 g/mol. The molecular formula is C38H34F2N4O3. The fraction of sp³-hybridized carbons (Fsp3) is 0.211. The summed E-state index contributed by atoms with van der Waals surface area (Å²) in [4.78, 5) is 31.6. The molecule has 2 aliphatic heterocycles. The largest absolute Gasteiger partial charge is 0.508 e. The summed E-state index contributed by atoms with van der Waals surface area (Å²) >= 11 is 0. The van der Waals surface area contributed by atoms with Crippen LogP contribution in [-0.2, 0) is 26.1 Å². The van der Waals surface area contributed by atoms with Gasteiger partial charge in [-0.05, 0) is 103 Å². The van der Waals surface area contributed by atoms with E-state index in [1.54, 1.807) is 55.5 Å². The second kappa shape index (κ2) is 12.1. The zero-order valence-corrected chi connectivity index (χ0v) is 26.1. The van der Waals surface area contributed by atoms with Crippen molar-refractivity contribution in [3.05, 3.63) is 148 Å². The number of halogens is 2. The van der Waals surface area contributed by atoms with Gasteiger partial charge in [0.2, 0.25) is 0 Å². The number of nitrogens with one attached hydrogen (secondary N) is 1. The van der Waals surface area contributed by atoms with Crippen LogP contribution in [0.15, 0.2) is 97.2 Å². The van der Waals surface area contributed by atoms with Gasteiger partial charge in [0.05, 0.1) is 23.8 Å². The molecule has 47 heavy (non-hydrogen) atoms. The van der Waals surface area contributed by atoms with Gasteiger partial charge in [0.25, 0.3) is 11.8 Å². The van der Waals surface area contributed by atoms with Gasteiger partial charge < -0.3 is 24.8 Å². The Morgan fingerprint density at radius 2 is 1.64 bits per heavy atom. The number of fused-ring (bicyclic) bond motifs is 2. The van der Waals surface area contributed by atoms with Crippen LogP contribution < -0.4 is 10.2 Å². The van der Waals surface area contributed by atoms with Crippen molar-refractivity contribution in [2.75, 3.05) is 10.2 Å². The molecule has 2 amide bonds. The van der Waals surface area contributed by atoms with Gasteiger partial charge in [0, 0.05) is 42.3 Å². The van der Waals surface area contributed by atoms with Crippen molar-refractivity contribution in [2.45, 2.75) is 52.0 Å². The number of aromatic nitrogens is 1. The van der Waals surface area contributed by atoms with Gasteiger partial charge >= 0.3 is 0 Å². The van der Waals surface area contributed by atoms with Crippen LogP contribution >= 0.6 is 0 Å². The van der Waals surface area contributed by atoms with Crippen LogP contribution in [0, 0.1) is 18.6 Å². The lowest BCUT2D eigenvalue weighted by molar-refractivity contribution is 0.0656. The molecule has 4 aromatic carbocycles. The SMILES string of the molecule is Cc1ccc(NC(=O)c2ccn3c2CN(c2ccc(O)cc2)C(c2cc(F)ccc2C(=O)N2Cc4ccccc4C[C@H]2C)C3)cc1F. The fourth-order valence-electron chi connectivity index (χ4n) is 6.78. The molecule has 3 heterocycles. The number of carbonyl (C=O) groups excluding carboxylic acids is 2. The number of nitrogens with zero attached hydrogens (tertiary/aromatic N) is 3. The smallest absolute Gasteiger partial charge is 0.257 e. The topological polar surface area (TPSA) is 77.8 Å². The average molecular weight is 633 g/mol. The lowest BCUT2D eigenvalue weighted by Crippen LogP contribution is -2.44. The Balaban J connectivity index is 1.26. The minimum absolute atomic E-state index is 0.0472. The van der Waals surface area contributed by atoms with Crippen molar-refractivity contribution >= 4 is 23.2 Å². The van der Waals surface area contributed by atoms with E-state index >= 15 is 4.39 Å². The third-order valence-electron chi connectivity index (χ3n) is 9.37. The molecule has 0 saturated carbocycles. The van der Waals surface area contributed by atoms with Crippen LogP contribution in [0.4, 0.5) is 20.2 Å². The first-order valence-corrected chi connectivity index (χ1v) is 15.6. The predicted octanol–water partition coefficient (Wildman–Crippen LogP) is 7.38.